The van der Waals surface area contributed by atoms with Gasteiger partial charge in [0.2, 0.25) is 6.29 Å². The van der Waals surface area contributed by atoms with Crippen LogP contribution in [0.5, 0.6) is 0 Å². The summed E-state index contributed by atoms with van der Waals surface area (Å²) in [6, 6.07) is 9.32. The van der Waals surface area contributed by atoms with E-state index in [1.807, 2.05) is 6.07 Å². The minimum absolute atomic E-state index is 0.299. The van der Waals surface area contributed by atoms with E-state index in [-0.39, 0.29) is 0 Å². The zero-order valence-corrected chi connectivity index (χ0v) is 15.9. The smallest absolute Gasteiger partial charge is 0.340 e. The van der Waals surface area contributed by atoms with Crippen molar-refractivity contribution >= 4 is 5.97 Å². The molecule has 3 rings (SSSR count). The van der Waals surface area contributed by atoms with Crippen LogP contribution in [0.3, 0.4) is 0 Å². The second-order valence-corrected chi connectivity index (χ2v) is 8.81. The van der Waals surface area contributed by atoms with Crippen molar-refractivity contribution in [1.29, 1.82) is 0 Å². The Hall–Kier alpha value is -1.39. The molecule has 2 bridgehead atoms. The zero-order valence-electron chi connectivity index (χ0n) is 15.9. The van der Waals surface area contributed by atoms with E-state index in [0.29, 0.717) is 28.9 Å². The highest BCUT2D eigenvalue weighted by Gasteiger charge is 2.60. The number of carbonyl (C=O) groups is 1. The number of nitrogens with zero attached hydrogens (tertiary/aromatic N) is 1. The first kappa shape index (κ1) is 18.4. The van der Waals surface area contributed by atoms with Crippen molar-refractivity contribution in [3.8, 4) is 0 Å². The Kier molecular flexibility index (Phi) is 4.95. The summed E-state index contributed by atoms with van der Waals surface area (Å²) in [5.41, 5.74) is 1.14. The Bertz CT molecular complexity index is 610. The number of ether oxygens (including phenoxy) is 1. The molecular formula is C21H31NO3. The van der Waals surface area contributed by atoms with Gasteiger partial charge in [-0.15, -0.1) is 0 Å². The first-order valence-electron chi connectivity index (χ1n) is 9.38. The predicted octanol–water partition coefficient (Wildman–Crippen LogP) is 3.70. The molecule has 2 fully saturated rings. The molecule has 4 atom stereocenters. The molecular weight excluding hydrogens is 314 g/mol. The summed E-state index contributed by atoms with van der Waals surface area (Å²) in [5, 5.41) is 10.1. The molecule has 1 aromatic rings. The van der Waals surface area contributed by atoms with E-state index in [1.54, 1.807) is 24.3 Å². The van der Waals surface area contributed by atoms with Gasteiger partial charge in [0.1, 0.15) is 0 Å². The third-order valence-corrected chi connectivity index (χ3v) is 6.62. The van der Waals surface area contributed by atoms with Gasteiger partial charge in [-0.25, -0.2) is 4.79 Å². The maximum Gasteiger partial charge on any atom is 0.340 e. The number of hydrogen-bond acceptors (Lipinski definition) is 4. The van der Waals surface area contributed by atoms with Crippen molar-refractivity contribution in [3.05, 3.63) is 35.9 Å². The Balaban J connectivity index is 1.54. The number of esters is 1. The minimum atomic E-state index is -1.07. The van der Waals surface area contributed by atoms with E-state index < -0.39 is 12.3 Å². The molecule has 0 aliphatic heterocycles. The monoisotopic (exact) mass is 345 g/mol. The van der Waals surface area contributed by atoms with Crippen molar-refractivity contribution in [2.45, 2.75) is 58.8 Å². The van der Waals surface area contributed by atoms with E-state index >= 15 is 0 Å². The molecule has 2 aliphatic carbocycles. The highest BCUT2D eigenvalue weighted by Crippen LogP contribution is 2.63. The maximum absolute atomic E-state index is 12.0. The van der Waals surface area contributed by atoms with Gasteiger partial charge in [0.15, 0.2) is 0 Å². The van der Waals surface area contributed by atoms with Gasteiger partial charge in [-0.2, -0.15) is 0 Å². The van der Waals surface area contributed by atoms with Crippen molar-refractivity contribution < 1.29 is 14.6 Å². The van der Waals surface area contributed by atoms with Gasteiger partial charge in [0.05, 0.1) is 5.56 Å². The van der Waals surface area contributed by atoms with E-state index in [0.717, 1.165) is 12.5 Å². The zero-order chi connectivity index (χ0) is 18.2. The van der Waals surface area contributed by atoms with Crippen molar-refractivity contribution in [1.82, 2.24) is 4.90 Å². The van der Waals surface area contributed by atoms with Gasteiger partial charge in [0, 0.05) is 19.0 Å². The fourth-order valence-electron chi connectivity index (χ4n) is 5.64. The fraction of sp³-hybridized carbons (Fsp3) is 0.667. The highest BCUT2D eigenvalue weighted by atomic mass is 16.6. The van der Waals surface area contributed by atoms with Crippen LogP contribution in [0.1, 0.15) is 56.8 Å². The lowest BCUT2D eigenvalue weighted by atomic mass is 9.68. The highest BCUT2D eigenvalue weighted by molar-refractivity contribution is 5.89. The summed E-state index contributed by atoms with van der Waals surface area (Å²) in [4.78, 5) is 14.4. The van der Waals surface area contributed by atoms with Gasteiger partial charge in [-0.1, -0.05) is 39.0 Å². The molecule has 2 aliphatic rings. The molecule has 138 valence electrons. The van der Waals surface area contributed by atoms with Crippen LogP contribution in [0.25, 0.3) is 0 Å². The summed E-state index contributed by atoms with van der Waals surface area (Å²) < 4.78 is 5.18. The number of benzene rings is 1. The average Bonchev–Trinajstić information content (AvgIpc) is 3.04. The summed E-state index contributed by atoms with van der Waals surface area (Å²) in [5.74, 6) is 0.328. The van der Waals surface area contributed by atoms with Crippen LogP contribution >= 0.6 is 0 Å². The first-order chi connectivity index (χ1) is 11.7. The summed E-state index contributed by atoms with van der Waals surface area (Å²) in [6.07, 6.45) is 3.31. The average molecular weight is 345 g/mol. The number of rotatable bonds is 6. The lowest BCUT2D eigenvalue weighted by Crippen LogP contribution is -2.51. The van der Waals surface area contributed by atoms with Gasteiger partial charge in [-0.05, 0) is 55.2 Å². The van der Waals surface area contributed by atoms with Crippen LogP contribution in [-0.4, -0.2) is 41.9 Å². The first-order valence-corrected chi connectivity index (χ1v) is 9.38. The molecule has 4 unspecified atom stereocenters. The molecule has 1 N–H and O–H groups in total. The van der Waals surface area contributed by atoms with Crippen molar-refractivity contribution in [3.63, 3.8) is 0 Å². The normalized spacial score (nSPS) is 31.3. The van der Waals surface area contributed by atoms with Crippen LogP contribution in [-0.2, 0) is 4.74 Å². The molecule has 4 heteroatoms. The number of aliphatic hydroxyl groups excluding tert-OH is 1. The Morgan fingerprint density at radius 3 is 2.60 bits per heavy atom. The van der Waals surface area contributed by atoms with Gasteiger partial charge in [0.25, 0.3) is 0 Å². The molecule has 0 aromatic heterocycles. The topological polar surface area (TPSA) is 49.8 Å². The number of hydrogen-bond donors (Lipinski definition) is 1. The van der Waals surface area contributed by atoms with E-state index in [2.05, 4.69) is 32.7 Å². The molecule has 0 spiro atoms. The molecule has 0 saturated heterocycles. The number of carbonyl (C=O) groups excluding carboxylic acids is 1. The summed E-state index contributed by atoms with van der Waals surface area (Å²) >= 11 is 0. The third-order valence-electron chi connectivity index (χ3n) is 6.62. The molecule has 2 saturated carbocycles. The Morgan fingerprint density at radius 1 is 1.32 bits per heavy atom. The summed E-state index contributed by atoms with van der Waals surface area (Å²) in [7, 11) is 2.14. The second kappa shape index (κ2) is 6.73. The standard InChI is InChI=1S/C21H31NO3/c1-20(2)16-10-12-21(3,14-16)19(20)22(4)13-11-17(23)25-18(24)15-8-6-5-7-9-15/h5-9,16-17,19,23H,10-14H2,1-4H3. The van der Waals surface area contributed by atoms with Crippen LogP contribution in [0.2, 0.25) is 0 Å². The SMILES string of the molecule is CN(CCC(O)OC(=O)c1ccccc1)C1C2(C)CCC(C2)C1(C)C. The lowest BCUT2D eigenvalue weighted by Gasteiger charge is -2.47. The number of aliphatic hydroxyl groups is 1. The van der Waals surface area contributed by atoms with Gasteiger partial charge < -0.3 is 14.7 Å². The molecule has 4 nitrogen and oxygen atoms in total. The molecule has 0 radical (unpaired) electrons. The molecule has 0 heterocycles. The molecule has 25 heavy (non-hydrogen) atoms. The Labute approximate surface area is 151 Å². The van der Waals surface area contributed by atoms with E-state index in [1.165, 1.54) is 19.3 Å². The van der Waals surface area contributed by atoms with E-state index in [4.69, 9.17) is 4.74 Å². The van der Waals surface area contributed by atoms with Crippen molar-refractivity contribution in [2.75, 3.05) is 13.6 Å². The van der Waals surface area contributed by atoms with Gasteiger partial charge in [-0.3, -0.25) is 0 Å². The lowest BCUT2D eigenvalue weighted by molar-refractivity contribution is -0.0775. The predicted molar refractivity (Wildman–Crippen MR) is 98.1 cm³/mol. The van der Waals surface area contributed by atoms with Crippen LogP contribution in [0, 0.1) is 16.7 Å². The van der Waals surface area contributed by atoms with Crippen LogP contribution in [0.15, 0.2) is 30.3 Å². The molecule has 0 amide bonds. The largest absolute Gasteiger partial charge is 0.432 e. The fourth-order valence-corrected chi connectivity index (χ4v) is 5.64. The minimum Gasteiger partial charge on any atom is -0.432 e. The summed E-state index contributed by atoms with van der Waals surface area (Å²) in [6.45, 7) is 7.90. The van der Waals surface area contributed by atoms with Crippen molar-refractivity contribution in [2.24, 2.45) is 16.7 Å². The van der Waals surface area contributed by atoms with Crippen LogP contribution < -0.4 is 0 Å². The second-order valence-electron chi connectivity index (χ2n) is 8.81. The quantitative estimate of drug-likeness (QED) is 0.631. The number of fused-ring (bicyclic) bond motifs is 2. The maximum atomic E-state index is 12.0. The van der Waals surface area contributed by atoms with E-state index in [9.17, 15) is 9.90 Å². The van der Waals surface area contributed by atoms with Crippen LogP contribution in [0.4, 0.5) is 0 Å². The third kappa shape index (κ3) is 3.47. The van der Waals surface area contributed by atoms with Gasteiger partial charge >= 0.3 is 5.97 Å². The Morgan fingerprint density at radius 2 is 2.00 bits per heavy atom. The molecule has 1 aromatic carbocycles.